The highest BCUT2D eigenvalue weighted by Gasteiger charge is 2.17. The molecule has 3 rings (SSSR count). The Morgan fingerprint density at radius 2 is 1.96 bits per heavy atom. The second-order valence-electron chi connectivity index (χ2n) is 6.46. The van der Waals surface area contributed by atoms with Crippen LogP contribution >= 0.6 is 0 Å². The van der Waals surface area contributed by atoms with E-state index in [0.29, 0.717) is 36.4 Å². The van der Waals surface area contributed by atoms with E-state index >= 15 is 0 Å². The second kappa shape index (κ2) is 8.65. The maximum Gasteiger partial charge on any atom is 0.251 e. The number of hydrogen-bond acceptors (Lipinski definition) is 5. The van der Waals surface area contributed by atoms with Crippen LogP contribution in [0.3, 0.4) is 0 Å². The number of nitrogens with zero attached hydrogens (tertiary/aromatic N) is 2. The van der Waals surface area contributed by atoms with E-state index in [1.54, 1.807) is 7.11 Å². The van der Waals surface area contributed by atoms with Crippen molar-refractivity contribution < 1.29 is 13.9 Å². The van der Waals surface area contributed by atoms with Crippen molar-refractivity contribution in [2.75, 3.05) is 7.11 Å². The number of rotatable bonds is 6. The summed E-state index contributed by atoms with van der Waals surface area (Å²) in [6, 6.07) is 7.81. The van der Waals surface area contributed by atoms with Gasteiger partial charge in [-0.25, -0.2) is 0 Å². The molecule has 0 radical (unpaired) electrons. The average molecular weight is 343 g/mol. The van der Waals surface area contributed by atoms with Gasteiger partial charge in [0.15, 0.2) is 0 Å². The normalized spacial score (nSPS) is 15.6. The Balaban J connectivity index is 1.54. The monoisotopic (exact) mass is 343 g/mol. The van der Waals surface area contributed by atoms with E-state index < -0.39 is 0 Å². The molecule has 6 nitrogen and oxygen atoms in total. The van der Waals surface area contributed by atoms with Crippen molar-refractivity contribution in [1.29, 1.82) is 0 Å². The smallest absolute Gasteiger partial charge is 0.251 e. The summed E-state index contributed by atoms with van der Waals surface area (Å²) in [6.07, 6.45) is 7.95. The van der Waals surface area contributed by atoms with Crippen LogP contribution in [0.1, 0.15) is 50.8 Å². The molecule has 1 aromatic heterocycles. The van der Waals surface area contributed by atoms with Crippen LogP contribution in [0.4, 0.5) is 0 Å². The Labute approximate surface area is 148 Å². The number of ether oxygens (including phenoxy) is 1. The van der Waals surface area contributed by atoms with Crippen molar-refractivity contribution in [2.24, 2.45) is 0 Å². The van der Waals surface area contributed by atoms with Crippen molar-refractivity contribution in [3.8, 4) is 17.2 Å². The van der Waals surface area contributed by atoms with Gasteiger partial charge in [0.1, 0.15) is 5.75 Å². The van der Waals surface area contributed by atoms with Crippen LogP contribution in [0.5, 0.6) is 5.75 Å². The third-order valence-corrected chi connectivity index (χ3v) is 4.59. The van der Waals surface area contributed by atoms with Crippen molar-refractivity contribution in [3.05, 3.63) is 30.2 Å². The predicted octanol–water partition coefficient (Wildman–Crippen LogP) is 3.52. The summed E-state index contributed by atoms with van der Waals surface area (Å²) >= 11 is 0. The Bertz CT molecular complexity index is 691. The highest BCUT2D eigenvalue weighted by Crippen LogP contribution is 2.28. The molecule has 0 spiro atoms. The minimum absolute atomic E-state index is 0.0592. The van der Waals surface area contributed by atoms with Crippen molar-refractivity contribution in [1.82, 2.24) is 15.5 Å². The van der Waals surface area contributed by atoms with Gasteiger partial charge >= 0.3 is 0 Å². The molecule has 0 bridgehead atoms. The SMILES string of the molecule is COc1ccccc1-c1nnc(CCC(=O)NC2CCCCCC2)o1. The summed E-state index contributed by atoms with van der Waals surface area (Å²) in [5.74, 6) is 1.63. The summed E-state index contributed by atoms with van der Waals surface area (Å²) in [5, 5.41) is 11.3. The predicted molar refractivity (Wildman–Crippen MR) is 94.2 cm³/mol. The number of aromatic nitrogens is 2. The Morgan fingerprint density at radius 3 is 2.72 bits per heavy atom. The lowest BCUT2D eigenvalue weighted by atomic mass is 10.1. The number of nitrogens with one attached hydrogen (secondary N) is 1. The van der Waals surface area contributed by atoms with Crippen LogP contribution in [0.2, 0.25) is 0 Å². The number of carbonyl (C=O) groups is 1. The third-order valence-electron chi connectivity index (χ3n) is 4.59. The molecule has 1 aliphatic rings. The average Bonchev–Trinajstić information content (AvgIpc) is 2.97. The Hall–Kier alpha value is -2.37. The molecule has 1 heterocycles. The molecule has 25 heavy (non-hydrogen) atoms. The zero-order valence-electron chi connectivity index (χ0n) is 14.7. The minimum Gasteiger partial charge on any atom is -0.496 e. The van der Waals surface area contributed by atoms with Crippen LogP contribution in [0.15, 0.2) is 28.7 Å². The summed E-state index contributed by atoms with van der Waals surface area (Å²) in [7, 11) is 1.61. The first-order valence-corrected chi connectivity index (χ1v) is 9.01. The summed E-state index contributed by atoms with van der Waals surface area (Å²) in [4.78, 5) is 12.2. The zero-order chi connectivity index (χ0) is 17.5. The number of para-hydroxylation sites is 1. The molecule has 0 saturated heterocycles. The number of hydrogen-bond donors (Lipinski definition) is 1. The summed E-state index contributed by atoms with van der Waals surface area (Å²) in [6.45, 7) is 0. The van der Waals surface area contributed by atoms with E-state index in [1.807, 2.05) is 24.3 Å². The number of aryl methyl sites for hydroxylation is 1. The maximum atomic E-state index is 12.2. The standard InChI is InChI=1S/C19H25N3O3/c1-24-16-11-7-6-10-15(16)19-22-21-18(25-19)13-12-17(23)20-14-8-4-2-3-5-9-14/h6-7,10-11,14H,2-5,8-9,12-13H2,1H3,(H,20,23). The molecular weight excluding hydrogens is 318 g/mol. The lowest BCUT2D eigenvalue weighted by Gasteiger charge is -2.15. The van der Waals surface area contributed by atoms with Crippen LogP contribution in [0, 0.1) is 0 Å². The molecular formula is C19H25N3O3. The van der Waals surface area contributed by atoms with Crippen molar-refractivity contribution in [2.45, 2.75) is 57.4 Å². The Morgan fingerprint density at radius 1 is 1.20 bits per heavy atom. The third kappa shape index (κ3) is 4.81. The largest absolute Gasteiger partial charge is 0.496 e. The molecule has 0 aliphatic heterocycles. The van der Waals surface area contributed by atoms with Crippen LogP contribution in [0.25, 0.3) is 11.5 Å². The minimum atomic E-state index is 0.0592. The molecule has 0 atom stereocenters. The number of methoxy groups -OCH3 is 1. The first-order chi connectivity index (χ1) is 12.3. The van der Waals surface area contributed by atoms with E-state index in [2.05, 4.69) is 15.5 Å². The van der Waals surface area contributed by atoms with Gasteiger partial charge < -0.3 is 14.5 Å². The lowest BCUT2D eigenvalue weighted by Crippen LogP contribution is -2.34. The summed E-state index contributed by atoms with van der Waals surface area (Å²) in [5.41, 5.74) is 0.756. The first kappa shape index (κ1) is 17.5. The van der Waals surface area contributed by atoms with Gasteiger partial charge in [0.2, 0.25) is 11.8 Å². The maximum absolute atomic E-state index is 12.2. The molecule has 2 aromatic rings. The topological polar surface area (TPSA) is 77.2 Å². The quantitative estimate of drug-likeness (QED) is 0.812. The van der Waals surface area contributed by atoms with Gasteiger partial charge in [0.25, 0.3) is 5.89 Å². The number of benzene rings is 1. The summed E-state index contributed by atoms with van der Waals surface area (Å²) < 4.78 is 11.0. The molecule has 6 heteroatoms. The van der Waals surface area contributed by atoms with Gasteiger partial charge in [-0.15, -0.1) is 10.2 Å². The molecule has 1 fully saturated rings. The molecule has 1 aliphatic carbocycles. The van der Waals surface area contributed by atoms with E-state index in [0.717, 1.165) is 18.4 Å². The van der Waals surface area contributed by atoms with Gasteiger partial charge in [-0.1, -0.05) is 37.8 Å². The number of carbonyl (C=O) groups excluding carboxylic acids is 1. The first-order valence-electron chi connectivity index (χ1n) is 9.01. The fraction of sp³-hybridized carbons (Fsp3) is 0.526. The molecule has 0 unspecified atom stereocenters. The van der Waals surface area contributed by atoms with Gasteiger partial charge in [0.05, 0.1) is 12.7 Å². The van der Waals surface area contributed by atoms with E-state index in [1.165, 1.54) is 25.7 Å². The van der Waals surface area contributed by atoms with Gasteiger partial charge in [-0.2, -0.15) is 0 Å². The fourth-order valence-corrected chi connectivity index (χ4v) is 3.23. The lowest BCUT2D eigenvalue weighted by molar-refractivity contribution is -0.121. The van der Waals surface area contributed by atoms with Crippen LogP contribution in [-0.2, 0) is 11.2 Å². The van der Waals surface area contributed by atoms with Gasteiger partial charge in [0, 0.05) is 18.9 Å². The fourth-order valence-electron chi connectivity index (χ4n) is 3.23. The molecule has 1 aromatic carbocycles. The van der Waals surface area contributed by atoms with Crippen molar-refractivity contribution in [3.63, 3.8) is 0 Å². The molecule has 1 saturated carbocycles. The number of amides is 1. The zero-order valence-corrected chi connectivity index (χ0v) is 14.7. The van der Waals surface area contributed by atoms with Crippen LogP contribution < -0.4 is 10.1 Å². The Kier molecular flexibility index (Phi) is 6.04. The van der Waals surface area contributed by atoms with Gasteiger partial charge in [-0.05, 0) is 25.0 Å². The molecule has 134 valence electrons. The van der Waals surface area contributed by atoms with E-state index in [-0.39, 0.29) is 5.91 Å². The van der Waals surface area contributed by atoms with E-state index in [9.17, 15) is 4.79 Å². The highest BCUT2D eigenvalue weighted by atomic mass is 16.5. The van der Waals surface area contributed by atoms with Crippen molar-refractivity contribution >= 4 is 5.91 Å². The van der Waals surface area contributed by atoms with Crippen LogP contribution in [-0.4, -0.2) is 29.3 Å². The molecule has 1 amide bonds. The molecule has 1 N–H and O–H groups in total. The second-order valence-corrected chi connectivity index (χ2v) is 6.46. The highest BCUT2D eigenvalue weighted by molar-refractivity contribution is 5.76. The van der Waals surface area contributed by atoms with E-state index in [4.69, 9.17) is 9.15 Å². The van der Waals surface area contributed by atoms with Gasteiger partial charge in [-0.3, -0.25) is 4.79 Å².